The van der Waals surface area contributed by atoms with Crippen LogP contribution in [0.2, 0.25) is 0 Å². The second kappa shape index (κ2) is 7.15. The van der Waals surface area contributed by atoms with Gasteiger partial charge in [0.15, 0.2) is 0 Å². The van der Waals surface area contributed by atoms with Crippen LogP contribution in [0.3, 0.4) is 0 Å². The van der Waals surface area contributed by atoms with Gasteiger partial charge < -0.3 is 15.0 Å². The van der Waals surface area contributed by atoms with Crippen molar-refractivity contribution in [1.82, 2.24) is 4.90 Å². The van der Waals surface area contributed by atoms with Crippen LogP contribution in [0.25, 0.3) is 0 Å². The average molecular weight is 388 g/mol. The summed E-state index contributed by atoms with van der Waals surface area (Å²) in [5.41, 5.74) is 2.46. The lowest BCUT2D eigenvalue weighted by Crippen LogP contribution is -2.42. The van der Waals surface area contributed by atoms with Gasteiger partial charge in [-0.1, -0.05) is 6.07 Å². The zero-order valence-electron chi connectivity index (χ0n) is 12.0. The van der Waals surface area contributed by atoms with E-state index < -0.39 is 0 Å². The second-order valence-electron chi connectivity index (χ2n) is 5.07. The highest BCUT2D eigenvalue weighted by atomic mass is 127. The van der Waals surface area contributed by atoms with Crippen LogP contribution in [0.15, 0.2) is 18.2 Å². The minimum atomic E-state index is -0.184. The molecular weight excluding hydrogens is 367 g/mol. The minimum Gasteiger partial charge on any atom is -0.450 e. The first-order chi connectivity index (χ1) is 9.60. The Morgan fingerprint density at radius 3 is 2.75 bits per heavy atom. The number of likely N-dealkylation sites (tertiary alicyclic amines) is 1. The van der Waals surface area contributed by atoms with Crippen molar-refractivity contribution in [1.29, 1.82) is 0 Å². The number of carbonyl (C=O) groups excluding carboxylic acids is 1. The Morgan fingerprint density at radius 1 is 1.45 bits per heavy atom. The minimum absolute atomic E-state index is 0.184. The molecule has 1 aromatic rings. The molecule has 0 spiro atoms. The number of halogens is 1. The molecule has 1 N–H and O–H groups in total. The predicted molar refractivity (Wildman–Crippen MR) is 89.1 cm³/mol. The first-order valence-electron chi connectivity index (χ1n) is 7.04. The Bertz CT molecular complexity index is 471. The van der Waals surface area contributed by atoms with Gasteiger partial charge in [-0.05, 0) is 67.0 Å². The molecule has 1 heterocycles. The summed E-state index contributed by atoms with van der Waals surface area (Å²) in [5.74, 6) is 0. The van der Waals surface area contributed by atoms with Crippen molar-refractivity contribution in [2.45, 2.75) is 32.7 Å². The number of hydrogen-bond acceptors (Lipinski definition) is 3. The Kier molecular flexibility index (Phi) is 5.51. The standard InChI is InChI=1S/C15H21IN2O2/c1-3-20-15(19)18-8-6-12(7-9-18)17-13-5-4-11(2)14(16)10-13/h4-5,10,12,17H,3,6-9H2,1-2H3. The highest BCUT2D eigenvalue weighted by molar-refractivity contribution is 14.1. The zero-order chi connectivity index (χ0) is 14.5. The Labute approximate surface area is 134 Å². The summed E-state index contributed by atoms with van der Waals surface area (Å²) < 4.78 is 6.30. The number of piperidine rings is 1. The molecule has 1 saturated heterocycles. The first kappa shape index (κ1) is 15.4. The van der Waals surface area contributed by atoms with Gasteiger partial charge >= 0.3 is 6.09 Å². The van der Waals surface area contributed by atoms with Gasteiger partial charge in [-0.3, -0.25) is 0 Å². The van der Waals surface area contributed by atoms with Gasteiger partial charge in [0, 0.05) is 28.4 Å². The number of hydrogen-bond donors (Lipinski definition) is 1. The third kappa shape index (κ3) is 4.01. The van der Waals surface area contributed by atoms with E-state index in [-0.39, 0.29) is 6.09 Å². The molecular formula is C15H21IN2O2. The van der Waals surface area contributed by atoms with Gasteiger partial charge in [0.1, 0.15) is 0 Å². The van der Waals surface area contributed by atoms with E-state index in [1.54, 1.807) is 4.90 Å². The summed E-state index contributed by atoms with van der Waals surface area (Å²) >= 11 is 2.36. The van der Waals surface area contributed by atoms with Gasteiger partial charge in [0.25, 0.3) is 0 Å². The number of nitrogens with zero attached hydrogens (tertiary/aromatic N) is 1. The van der Waals surface area contributed by atoms with Crippen LogP contribution in [0.4, 0.5) is 10.5 Å². The quantitative estimate of drug-likeness (QED) is 0.805. The molecule has 0 aromatic heterocycles. The number of aryl methyl sites for hydroxylation is 1. The van der Waals surface area contributed by atoms with Crippen LogP contribution < -0.4 is 5.32 Å². The number of nitrogens with one attached hydrogen (secondary N) is 1. The van der Waals surface area contributed by atoms with Crippen molar-refractivity contribution in [3.63, 3.8) is 0 Å². The monoisotopic (exact) mass is 388 g/mol. The zero-order valence-corrected chi connectivity index (χ0v) is 14.1. The largest absolute Gasteiger partial charge is 0.450 e. The van der Waals surface area contributed by atoms with Gasteiger partial charge in [0.05, 0.1) is 6.61 Å². The fourth-order valence-corrected chi connectivity index (χ4v) is 2.85. The molecule has 1 amide bonds. The molecule has 1 aliphatic rings. The van der Waals surface area contributed by atoms with E-state index in [0.29, 0.717) is 12.6 Å². The lowest BCUT2D eigenvalue weighted by atomic mass is 10.0. The number of ether oxygens (including phenoxy) is 1. The fraction of sp³-hybridized carbons (Fsp3) is 0.533. The van der Waals surface area contributed by atoms with E-state index >= 15 is 0 Å². The average Bonchev–Trinajstić information content (AvgIpc) is 2.44. The van der Waals surface area contributed by atoms with E-state index in [4.69, 9.17) is 4.74 Å². The third-order valence-electron chi connectivity index (χ3n) is 3.56. The van der Waals surface area contributed by atoms with Gasteiger partial charge in [-0.15, -0.1) is 0 Å². The van der Waals surface area contributed by atoms with Gasteiger partial charge in [-0.2, -0.15) is 0 Å². The summed E-state index contributed by atoms with van der Waals surface area (Å²) in [4.78, 5) is 13.4. The van der Waals surface area contributed by atoms with Crippen molar-refractivity contribution in [3.8, 4) is 0 Å². The smallest absolute Gasteiger partial charge is 0.409 e. The van der Waals surface area contributed by atoms with Crippen LogP contribution in [-0.2, 0) is 4.74 Å². The van der Waals surface area contributed by atoms with E-state index in [2.05, 4.69) is 53.0 Å². The summed E-state index contributed by atoms with van der Waals surface area (Å²) in [7, 11) is 0. The first-order valence-corrected chi connectivity index (χ1v) is 8.12. The number of benzene rings is 1. The normalized spacial score (nSPS) is 16.1. The predicted octanol–water partition coefficient (Wildman–Crippen LogP) is 3.63. The Hall–Kier alpha value is -0.980. The maximum atomic E-state index is 11.6. The molecule has 0 aliphatic carbocycles. The summed E-state index contributed by atoms with van der Waals surface area (Å²) in [6, 6.07) is 6.86. The molecule has 0 atom stereocenters. The molecule has 1 aliphatic heterocycles. The highest BCUT2D eigenvalue weighted by Gasteiger charge is 2.23. The van der Waals surface area contributed by atoms with Crippen molar-refractivity contribution in [2.75, 3.05) is 25.0 Å². The Morgan fingerprint density at radius 2 is 2.15 bits per heavy atom. The molecule has 110 valence electrons. The molecule has 0 bridgehead atoms. The molecule has 4 nitrogen and oxygen atoms in total. The van der Waals surface area contributed by atoms with Crippen molar-refractivity contribution < 1.29 is 9.53 Å². The van der Waals surface area contributed by atoms with Gasteiger partial charge in [-0.25, -0.2) is 4.79 Å². The maximum Gasteiger partial charge on any atom is 0.409 e. The fourth-order valence-electron chi connectivity index (χ4n) is 2.34. The molecule has 2 rings (SSSR count). The van der Waals surface area contributed by atoms with Crippen LogP contribution in [0, 0.1) is 10.5 Å². The van der Waals surface area contributed by atoms with E-state index in [1.807, 2.05) is 6.92 Å². The highest BCUT2D eigenvalue weighted by Crippen LogP contribution is 2.21. The summed E-state index contributed by atoms with van der Waals surface area (Å²) in [6.45, 7) is 5.92. The van der Waals surface area contributed by atoms with E-state index in [9.17, 15) is 4.79 Å². The maximum absolute atomic E-state index is 11.6. The van der Waals surface area contributed by atoms with E-state index in [1.165, 1.54) is 9.13 Å². The molecule has 0 saturated carbocycles. The number of rotatable bonds is 3. The number of amides is 1. The molecule has 0 radical (unpaired) electrons. The molecule has 0 unspecified atom stereocenters. The SMILES string of the molecule is CCOC(=O)N1CCC(Nc2ccc(C)c(I)c2)CC1. The van der Waals surface area contributed by atoms with Crippen LogP contribution >= 0.6 is 22.6 Å². The summed E-state index contributed by atoms with van der Waals surface area (Å²) in [5, 5.41) is 3.56. The second-order valence-corrected chi connectivity index (χ2v) is 6.23. The summed E-state index contributed by atoms with van der Waals surface area (Å²) in [6.07, 6.45) is 1.74. The molecule has 1 fully saturated rings. The molecule has 5 heteroatoms. The molecule has 20 heavy (non-hydrogen) atoms. The number of carbonyl (C=O) groups is 1. The lowest BCUT2D eigenvalue weighted by Gasteiger charge is -2.32. The van der Waals surface area contributed by atoms with Crippen molar-refractivity contribution in [3.05, 3.63) is 27.3 Å². The van der Waals surface area contributed by atoms with Gasteiger partial charge in [0.2, 0.25) is 0 Å². The van der Waals surface area contributed by atoms with Crippen LogP contribution in [0.1, 0.15) is 25.3 Å². The lowest BCUT2D eigenvalue weighted by molar-refractivity contribution is 0.0983. The molecule has 1 aromatic carbocycles. The Balaban J connectivity index is 1.85. The number of anilines is 1. The van der Waals surface area contributed by atoms with E-state index in [0.717, 1.165) is 31.6 Å². The van der Waals surface area contributed by atoms with Crippen LogP contribution in [0.5, 0.6) is 0 Å². The third-order valence-corrected chi connectivity index (χ3v) is 4.73. The van der Waals surface area contributed by atoms with Crippen molar-refractivity contribution >= 4 is 34.4 Å². The van der Waals surface area contributed by atoms with Crippen molar-refractivity contribution in [2.24, 2.45) is 0 Å². The van der Waals surface area contributed by atoms with Crippen LogP contribution in [-0.4, -0.2) is 36.7 Å². The topological polar surface area (TPSA) is 41.6 Å².